The largest absolute Gasteiger partial charge is 0.131 e. The number of rotatable bonds is 0. The van der Waals surface area contributed by atoms with Gasteiger partial charge in [-0.05, 0) is 19.4 Å². The third-order valence-electron chi connectivity index (χ3n) is 2.78. The molecule has 0 spiro atoms. The summed E-state index contributed by atoms with van der Waals surface area (Å²) in [5.74, 6) is 7.16. The molecule has 1 rings (SSSR count). The van der Waals surface area contributed by atoms with Crippen LogP contribution in [0.1, 0.15) is 13.3 Å². The highest BCUT2D eigenvalue weighted by Crippen LogP contribution is 2.32. The molecule has 0 nitrogen and oxygen atoms in total. The Hall–Kier alpha value is -0.486. The third kappa shape index (κ3) is 6.31. The summed E-state index contributed by atoms with van der Waals surface area (Å²) in [5.41, 5.74) is 9.48. The van der Waals surface area contributed by atoms with Crippen molar-refractivity contribution in [3.05, 3.63) is 21.7 Å². The van der Waals surface area contributed by atoms with Crippen LogP contribution < -0.4 is 0 Å². The van der Waals surface area contributed by atoms with Crippen LogP contribution in [0.15, 0.2) is 21.7 Å². The molecule has 0 aromatic carbocycles. The molecule has 0 saturated heterocycles. The van der Waals surface area contributed by atoms with Gasteiger partial charge in [0.05, 0.1) is 5.92 Å². The second kappa shape index (κ2) is 6.52. The average Bonchev–Trinajstić information content (AvgIpc) is 2.25. The molecule has 0 radical (unpaired) electrons. The highest BCUT2D eigenvalue weighted by Gasteiger charge is 2.18. The van der Waals surface area contributed by atoms with Gasteiger partial charge in [0.25, 0.3) is 0 Å². The van der Waals surface area contributed by atoms with E-state index in [1.807, 2.05) is 0 Å². The van der Waals surface area contributed by atoms with Gasteiger partial charge >= 0.3 is 0 Å². The first-order valence-electron chi connectivity index (χ1n) is 7.11. The van der Waals surface area contributed by atoms with E-state index in [2.05, 4.69) is 91.1 Å². The zero-order valence-electron chi connectivity index (χ0n) is 13.7. The summed E-state index contributed by atoms with van der Waals surface area (Å²) >= 11 is 3.69. The Bertz CT molecular complexity index is 561. The van der Waals surface area contributed by atoms with Crippen molar-refractivity contribution >= 4 is 32.1 Å². The van der Waals surface area contributed by atoms with Crippen molar-refractivity contribution in [2.75, 3.05) is 0 Å². The summed E-state index contributed by atoms with van der Waals surface area (Å²) in [6.45, 7) is 15.9. The lowest BCUT2D eigenvalue weighted by Crippen LogP contribution is -2.18. The second-order valence-corrected chi connectivity index (χ2v) is 17.9. The fourth-order valence-corrected chi connectivity index (χ4v) is 3.32. The highest BCUT2D eigenvalue weighted by atomic mass is 79.9. The molecule has 0 heterocycles. The van der Waals surface area contributed by atoms with E-state index in [0.717, 1.165) is 6.42 Å². The lowest BCUT2D eigenvalue weighted by Gasteiger charge is -2.18. The van der Waals surface area contributed by atoms with Crippen molar-refractivity contribution in [1.29, 1.82) is 0 Å². The van der Waals surface area contributed by atoms with Crippen LogP contribution in [0.25, 0.3) is 0 Å². The summed E-state index contributed by atoms with van der Waals surface area (Å²) in [5, 5.41) is 0. The van der Waals surface area contributed by atoms with E-state index in [4.69, 9.17) is 0 Å². The van der Waals surface area contributed by atoms with Crippen molar-refractivity contribution in [3.8, 4) is 22.9 Å². The van der Waals surface area contributed by atoms with Crippen LogP contribution >= 0.6 is 15.9 Å². The maximum atomic E-state index is 3.69. The van der Waals surface area contributed by atoms with Crippen molar-refractivity contribution in [2.45, 2.75) is 52.6 Å². The fourth-order valence-electron chi connectivity index (χ4n) is 1.70. The van der Waals surface area contributed by atoms with E-state index >= 15 is 0 Å². The molecule has 0 bridgehead atoms. The van der Waals surface area contributed by atoms with E-state index in [1.54, 1.807) is 0 Å². The summed E-state index contributed by atoms with van der Waals surface area (Å²) in [4.78, 5) is 0. The van der Waals surface area contributed by atoms with Crippen molar-refractivity contribution < 1.29 is 0 Å². The second-order valence-electron chi connectivity index (χ2n) is 7.50. The molecule has 3 heteroatoms. The molecule has 20 heavy (non-hydrogen) atoms. The summed E-state index contributed by atoms with van der Waals surface area (Å²) in [7, 11) is -2.61. The maximum Gasteiger partial charge on any atom is 0.129 e. The Balaban J connectivity index is 2.97. The molecule has 1 atom stereocenters. The van der Waals surface area contributed by atoms with Crippen LogP contribution in [0.4, 0.5) is 0 Å². The molecule has 1 unspecified atom stereocenters. The Morgan fingerprint density at radius 2 is 1.60 bits per heavy atom. The zero-order chi connectivity index (χ0) is 15.6. The van der Waals surface area contributed by atoms with Gasteiger partial charge in [0.15, 0.2) is 0 Å². The van der Waals surface area contributed by atoms with Gasteiger partial charge in [-0.1, -0.05) is 66.7 Å². The Kier molecular flexibility index (Phi) is 5.73. The SMILES string of the molecule is CC1=C(C#C[Si](C)(C)C)C=C(Br)C(C#C[Si](C)(C)C)C1. The minimum Gasteiger partial charge on any atom is -0.131 e. The van der Waals surface area contributed by atoms with Crippen molar-refractivity contribution in [3.63, 3.8) is 0 Å². The van der Waals surface area contributed by atoms with E-state index in [-0.39, 0.29) is 0 Å². The molecule has 0 amide bonds. The molecule has 0 fully saturated rings. The van der Waals surface area contributed by atoms with E-state index in [9.17, 15) is 0 Å². The molecule has 108 valence electrons. The normalized spacial score (nSPS) is 19.6. The number of halogens is 1. The highest BCUT2D eigenvalue weighted by molar-refractivity contribution is 9.11. The first kappa shape index (κ1) is 17.6. The molecular weight excluding hydrogens is 340 g/mol. The number of allylic oxidation sites excluding steroid dienone is 4. The predicted octanol–water partition coefficient (Wildman–Crippen LogP) is 5.36. The summed E-state index contributed by atoms with van der Waals surface area (Å²) in [6, 6.07) is 0. The van der Waals surface area contributed by atoms with E-state index < -0.39 is 16.1 Å². The van der Waals surface area contributed by atoms with Gasteiger partial charge in [-0.25, -0.2) is 0 Å². The lowest BCUT2D eigenvalue weighted by molar-refractivity contribution is 0.794. The van der Waals surface area contributed by atoms with Gasteiger partial charge in [-0.2, -0.15) is 0 Å². The molecular formula is C17H25BrSi2. The lowest BCUT2D eigenvalue weighted by atomic mass is 9.91. The minimum absolute atomic E-state index is 0.319. The van der Waals surface area contributed by atoms with E-state index in [0.29, 0.717) is 5.92 Å². The van der Waals surface area contributed by atoms with Gasteiger partial charge in [0.1, 0.15) is 16.1 Å². The van der Waals surface area contributed by atoms with Crippen molar-refractivity contribution in [1.82, 2.24) is 0 Å². The van der Waals surface area contributed by atoms with Crippen LogP contribution in [-0.2, 0) is 0 Å². The molecule has 0 saturated carbocycles. The quantitative estimate of drug-likeness (QED) is 0.400. The maximum absolute atomic E-state index is 3.69. The number of hydrogen-bond acceptors (Lipinski definition) is 0. The zero-order valence-corrected chi connectivity index (χ0v) is 17.3. The first-order valence-corrected chi connectivity index (χ1v) is 14.9. The first-order chi connectivity index (χ1) is 8.98. The Morgan fingerprint density at radius 3 is 2.10 bits per heavy atom. The minimum atomic E-state index is -1.31. The Morgan fingerprint density at radius 1 is 1.05 bits per heavy atom. The fraction of sp³-hybridized carbons (Fsp3) is 0.529. The van der Waals surface area contributed by atoms with Crippen LogP contribution in [0.3, 0.4) is 0 Å². The summed E-state index contributed by atoms with van der Waals surface area (Å²) in [6.07, 6.45) is 3.18. The molecule has 1 aliphatic rings. The molecule has 0 aromatic rings. The van der Waals surface area contributed by atoms with Crippen LogP contribution in [0.2, 0.25) is 39.3 Å². The summed E-state index contributed by atoms with van der Waals surface area (Å²) < 4.78 is 1.19. The standard InChI is InChI=1S/C17H25BrSi2/c1-14-12-16(9-11-20(5,6)7)17(18)13-15(14)8-10-19(2,3)4/h13,16H,12H2,1-7H3. The Labute approximate surface area is 135 Å². The average molecular weight is 365 g/mol. The third-order valence-corrected chi connectivity index (χ3v) is 5.33. The molecule has 0 aromatic heterocycles. The predicted molar refractivity (Wildman–Crippen MR) is 100 cm³/mol. The van der Waals surface area contributed by atoms with Crippen LogP contribution in [-0.4, -0.2) is 16.1 Å². The van der Waals surface area contributed by atoms with Gasteiger partial charge in [0, 0.05) is 10.1 Å². The molecule has 0 N–H and O–H groups in total. The van der Waals surface area contributed by atoms with Gasteiger partial charge in [0.2, 0.25) is 0 Å². The molecule has 1 aliphatic carbocycles. The van der Waals surface area contributed by atoms with Gasteiger partial charge in [-0.3, -0.25) is 0 Å². The smallest absolute Gasteiger partial charge is 0.129 e. The van der Waals surface area contributed by atoms with Crippen LogP contribution in [0, 0.1) is 28.8 Å². The van der Waals surface area contributed by atoms with Gasteiger partial charge in [-0.15, -0.1) is 17.0 Å². The van der Waals surface area contributed by atoms with Gasteiger partial charge < -0.3 is 0 Å². The molecule has 0 aliphatic heterocycles. The van der Waals surface area contributed by atoms with Crippen LogP contribution in [0.5, 0.6) is 0 Å². The topological polar surface area (TPSA) is 0 Å². The van der Waals surface area contributed by atoms with E-state index in [1.165, 1.54) is 15.6 Å². The number of hydrogen-bond donors (Lipinski definition) is 0. The van der Waals surface area contributed by atoms with Crippen molar-refractivity contribution in [2.24, 2.45) is 5.92 Å². The monoisotopic (exact) mass is 364 g/mol.